The Kier molecular flexibility index (Phi) is 7.99. The molecule has 0 saturated carbocycles. The SMILES string of the molecule is CCCC(=O)C(O)CC1(N2CCCCC2)C=CC(C(O)(c2ccccc2)c2ccccc2)=CC1(C)C. The van der Waals surface area contributed by atoms with Crippen molar-refractivity contribution in [3.63, 3.8) is 0 Å². The lowest BCUT2D eigenvalue weighted by molar-refractivity contribution is -0.130. The van der Waals surface area contributed by atoms with Gasteiger partial charge in [-0.05, 0) is 49.1 Å². The molecule has 4 nitrogen and oxygen atoms in total. The quantitative estimate of drug-likeness (QED) is 0.470. The molecule has 2 aliphatic rings. The number of ketones is 1. The van der Waals surface area contributed by atoms with E-state index in [2.05, 4.69) is 30.9 Å². The van der Waals surface area contributed by atoms with Gasteiger partial charge in [-0.15, -0.1) is 0 Å². The van der Waals surface area contributed by atoms with E-state index in [9.17, 15) is 15.0 Å². The summed E-state index contributed by atoms with van der Waals surface area (Å²) in [7, 11) is 0. The number of aliphatic hydroxyl groups is 2. The first-order chi connectivity index (χ1) is 17.2. The lowest BCUT2D eigenvalue weighted by Crippen LogP contribution is -2.61. The third kappa shape index (κ3) is 4.87. The minimum Gasteiger partial charge on any atom is -0.385 e. The molecule has 1 aliphatic carbocycles. The van der Waals surface area contributed by atoms with Crippen molar-refractivity contribution < 1.29 is 15.0 Å². The molecule has 1 saturated heterocycles. The van der Waals surface area contributed by atoms with E-state index in [1.165, 1.54) is 6.42 Å². The van der Waals surface area contributed by atoms with Crippen LogP contribution in [0.4, 0.5) is 0 Å². The van der Waals surface area contributed by atoms with Crippen LogP contribution >= 0.6 is 0 Å². The molecule has 0 radical (unpaired) electrons. The number of piperidine rings is 1. The standard InChI is InChI=1S/C32H41NO3/c1-4-14-28(34)29(35)24-31(33-21-12-7-13-22-33)20-19-27(23-30(31,2)3)32(36,25-15-8-5-9-16-25)26-17-10-6-11-18-26/h5-6,8-11,15-20,23,29,35-36H,4,7,12-14,21-22,24H2,1-3H3. The lowest BCUT2D eigenvalue weighted by atomic mass is 9.61. The molecule has 2 N–H and O–H groups in total. The van der Waals surface area contributed by atoms with E-state index in [-0.39, 0.29) is 5.78 Å². The van der Waals surface area contributed by atoms with Gasteiger partial charge in [-0.2, -0.15) is 0 Å². The van der Waals surface area contributed by atoms with Gasteiger partial charge in [0.05, 0.1) is 5.54 Å². The van der Waals surface area contributed by atoms with Gasteiger partial charge in [-0.3, -0.25) is 9.69 Å². The number of nitrogens with zero attached hydrogens (tertiary/aromatic N) is 1. The largest absolute Gasteiger partial charge is 0.385 e. The fraction of sp³-hybridized carbons (Fsp3) is 0.469. The van der Waals surface area contributed by atoms with Gasteiger partial charge in [-0.1, -0.05) is 106 Å². The molecule has 0 amide bonds. The Morgan fingerprint density at radius 2 is 1.53 bits per heavy atom. The van der Waals surface area contributed by atoms with E-state index < -0.39 is 22.7 Å². The van der Waals surface area contributed by atoms with Crippen LogP contribution in [0.5, 0.6) is 0 Å². The van der Waals surface area contributed by atoms with Gasteiger partial charge in [0.1, 0.15) is 11.7 Å². The predicted octanol–water partition coefficient (Wildman–Crippen LogP) is 5.79. The molecule has 1 fully saturated rings. The van der Waals surface area contributed by atoms with E-state index in [1.54, 1.807) is 0 Å². The summed E-state index contributed by atoms with van der Waals surface area (Å²) < 4.78 is 0. The Morgan fingerprint density at radius 3 is 2.03 bits per heavy atom. The molecular formula is C32H41NO3. The Hall–Kier alpha value is -2.53. The molecule has 1 aliphatic heterocycles. The second kappa shape index (κ2) is 10.8. The van der Waals surface area contributed by atoms with Crippen LogP contribution in [0.3, 0.4) is 0 Å². The van der Waals surface area contributed by atoms with Crippen LogP contribution < -0.4 is 0 Å². The third-order valence-electron chi connectivity index (χ3n) is 8.26. The number of carbonyl (C=O) groups is 1. The first kappa shape index (κ1) is 26.5. The summed E-state index contributed by atoms with van der Waals surface area (Å²) >= 11 is 0. The van der Waals surface area contributed by atoms with Crippen LogP contribution in [0.1, 0.15) is 70.4 Å². The number of Topliss-reactive ketones (excluding diaryl/α,β-unsaturated/α-hetero) is 1. The smallest absolute Gasteiger partial charge is 0.161 e. The molecule has 192 valence electrons. The molecule has 0 spiro atoms. The fourth-order valence-corrected chi connectivity index (χ4v) is 6.18. The van der Waals surface area contributed by atoms with Gasteiger partial charge >= 0.3 is 0 Å². The molecule has 1 heterocycles. The van der Waals surface area contributed by atoms with E-state index in [0.717, 1.165) is 49.1 Å². The fourth-order valence-electron chi connectivity index (χ4n) is 6.18. The first-order valence-electron chi connectivity index (χ1n) is 13.5. The normalized spacial score (nSPS) is 23.2. The summed E-state index contributed by atoms with van der Waals surface area (Å²) in [6, 6.07) is 19.6. The second-order valence-electron chi connectivity index (χ2n) is 11.0. The molecule has 2 atom stereocenters. The van der Waals surface area contributed by atoms with Crippen molar-refractivity contribution in [2.24, 2.45) is 5.41 Å². The highest BCUT2D eigenvalue weighted by molar-refractivity contribution is 5.83. The highest BCUT2D eigenvalue weighted by Gasteiger charge is 2.51. The first-order valence-corrected chi connectivity index (χ1v) is 13.5. The highest BCUT2D eigenvalue weighted by atomic mass is 16.3. The average Bonchev–Trinajstić information content (AvgIpc) is 2.90. The molecule has 2 aromatic carbocycles. The van der Waals surface area contributed by atoms with Crippen LogP contribution in [-0.4, -0.2) is 45.6 Å². The van der Waals surface area contributed by atoms with Gasteiger partial charge in [0.15, 0.2) is 5.78 Å². The number of likely N-dealkylation sites (tertiary alicyclic amines) is 1. The molecule has 36 heavy (non-hydrogen) atoms. The zero-order valence-corrected chi connectivity index (χ0v) is 22.0. The Morgan fingerprint density at radius 1 is 0.972 bits per heavy atom. The molecule has 4 rings (SSSR count). The minimum atomic E-state index is -1.32. The number of rotatable bonds is 9. The Bertz CT molecular complexity index is 1040. The van der Waals surface area contributed by atoms with E-state index >= 15 is 0 Å². The van der Waals surface area contributed by atoms with Crippen molar-refractivity contribution in [3.05, 3.63) is 95.6 Å². The zero-order chi connectivity index (χ0) is 25.8. The van der Waals surface area contributed by atoms with Crippen molar-refractivity contribution in [3.8, 4) is 0 Å². The summed E-state index contributed by atoms with van der Waals surface area (Å²) in [6.07, 6.45) is 10.3. The Labute approximate surface area is 216 Å². The van der Waals surface area contributed by atoms with E-state index in [0.29, 0.717) is 12.8 Å². The molecule has 2 aromatic rings. The van der Waals surface area contributed by atoms with E-state index in [1.807, 2.05) is 73.7 Å². The zero-order valence-electron chi connectivity index (χ0n) is 22.0. The summed E-state index contributed by atoms with van der Waals surface area (Å²) in [6.45, 7) is 8.20. The molecule has 0 bridgehead atoms. The number of aliphatic hydroxyl groups excluding tert-OH is 1. The van der Waals surface area contributed by atoms with Crippen molar-refractivity contribution >= 4 is 5.78 Å². The van der Waals surface area contributed by atoms with Crippen molar-refractivity contribution in [2.75, 3.05) is 13.1 Å². The minimum absolute atomic E-state index is 0.0852. The maximum absolute atomic E-state index is 12.7. The lowest BCUT2D eigenvalue weighted by Gasteiger charge is -2.55. The van der Waals surface area contributed by atoms with Gasteiger partial charge in [0.2, 0.25) is 0 Å². The summed E-state index contributed by atoms with van der Waals surface area (Å²) in [4.78, 5) is 15.2. The summed E-state index contributed by atoms with van der Waals surface area (Å²) in [5.74, 6) is -0.0852. The molecule has 4 heteroatoms. The van der Waals surface area contributed by atoms with Crippen LogP contribution in [0.15, 0.2) is 84.5 Å². The number of hydrogen-bond acceptors (Lipinski definition) is 4. The van der Waals surface area contributed by atoms with Crippen molar-refractivity contribution in [1.29, 1.82) is 0 Å². The van der Waals surface area contributed by atoms with Gasteiger partial charge in [0.25, 0.3) is 0 Å². The second-order valence-corrected chi connectivity index (χ2v) is 11.0. The molecule has 2 unspecified atom stereocenters. The topological polar surface area (TPSA) is 60.8 Å². The predicted molar refractivity (Wildman–Crippen MR) is 146 cm³/mol. The number of benzene rings is 2. The summed E-state index contributed by atoms with van der Waals surface area (Å²) in [5.41, 5.74) is 0.152. The van der Waals surface area contributed by atoms with Gasteiger partial charge < -0.3 is 10.2 Å². The maximum atomic E-state index is 12.7. The summed E-state index contributed by atoms with van der Waals surface area (Å²) in [5, 5.41) is 23.4. The Balaban J connectivity index is 1.81. The highest BCUT2D eigenvalue weighted by Crippen LogP contribution is 2.50. The van der Waals surface area contributed by atoms with Crippen LogP contribution in [-0.2, 0) is 10.4 Å². The van der Waals surface area contributed by atoms with Crippen LogP contribution in [0.25, 0.3) is 0 Å². The average molecular weight is 488 g/mol. The molecular weight excluding hydrogens is 446 g/mol. The van der Waals surface area contributed by atoms with Crippen molar-refractivity contribution in [2.45, 2.75) is 76.5 Å². The number of carbonyl (C=O) groups excluding carboxylic acids is 1. The van der Waals surface area contributed by atoms with Crippen molar-refractivity contribution in [1.82, 2.24) is 4.90 Å². The number of hydrogen-bond donors (Lipinski definition) is 2. The van der Waals surface area contributed by atoms with Crippen LogP contribution in [0.2, 0.25) is 0 Å². The monoisotopic (exact) mass is 487 g/mol. The molecule has 0 aromatic heterocycles. The van der Waals surface area contributed by atoms with Gasteiger partial charge in [-0.25, -0.2) is 0 Å². The maximum Gasteiger partial charge on any atom is 0.161 e. The van der Waals surface area contributed by atoms with Crippen LogP contribution in [0, 0.1) is 5.41 Å². The third-order valence-corrected chi connectivity index (χ3v) is 8.26. The van der Waals surface area contributed by atoms with E-state index in [4.69, 9.17) is 0 Å². The van der Waals surface area contributed by atoms with Gasteiger partial charge in [0, 0.05) is 18.3 Å².